The van der Waals surface area contributed by atoms with Gasteiger partial charge in [-0.15, -0.1) is 10.2 Å². The van der Waals surface area contributed by atoms with Crippen LogP contribution in [0.15, 0.2) is 51.7 Å². The lowest BCUT2D eigenvalue weighted by Gasteiger charge is -2.31. The number of rotatable bonds is 4. The topological polar surface area (TPSA) is 75.6 Å². The second kappa shape index (κ2) is 7.24. The first kappa shape index (κ1) is 17.2. The number of carbonyl (C=O) groups excluding carboxylic acids is 1. The van der Waals surface area contributed by atoms with Gasteiger partial charge in [0.15, 0.2) is 0 Å². The Kier molecular flexibility index (Phi) is 4.44. The maximum absolute atomic E-state index is 12.8. The zero-order valence-corrected chi connectivity index (χ0v) is 15.6. The number of amides is 1. The fourth-order valence-corrected chi connectivity index (χ4v) is 4.11. The lowest BCUT2D eigenvalue weighted by atomic mass is 9.97. The SMILES string of the molecule is O=C(CN1CCC(c2nnc(-c3ccoc3)o2)CC1)N1CCc2ccccc21. The summed E-state index contributed by atoms with van der Waals surface area (Å²) in [5.41, 5.74) is 3.13. The molecule has 0 atom stereocenters. The Balaban J connectivity index is 1.17. The Labute approximate surface area is 162 Å². The number of anilines is 1. The molecule has 0 spiro atoms. The molecule has 0 N–H and O–H groups in total. The molecule has 28 heavy (non-hydrogen) atoms. The average molecular weight is 378 g/mol. The molecule has 1 saturated heterocycles. The van der Waals surface area contributed by atoms with Crippen LogP contribution >= 0.6 is 0 Å². The predicted molar refractivity (Wildman–Crippen MR) is 103 cm³/mol. The van der Waals surface area contributed by atoms with Crippen LogP contribution in [0, 0.1) is 0 Å². The Bertz CT molecular complexity index is 958. The number of hydrogen-bond acceptors (Lipinski definition) is 6. The first-order chi connectivity index (χ1) is 13.8. The average Bonchev–Trinajstić information content (AvgIpc) is 3.48. The fourth-order valence-electron chi connectivity index (χ4n) is 4.11. The maximum atomic E-state index is 12.8. The van der Waals surface area contributed by atoms with E-state index >= 15 is 0 Å². The van der Waals surface area contributed by atoms with Gasteiger partial charge in [0, 0.05) is 18.2 Å². The molecule has 144 valence electrons. The van der Waals surface area contributed by atoms with Crippen molar-refractivity contribution in [1.82, 2.24) is 15.1 Å². The van der Waals surface area contributed by atoms with E-state index in [1.165, 1.54) is 5.56 Å². The number of carbonyl (C=O) groups is 1. The van der Waals surface area contributed by atoms with E-state index in [0.717, 1.165) is 50.1 Å². The summed E-state index contributed by atoms with van der Waals surface area (Å²) < 4.78 is 10.9. The third kappa shape index (κ3) is 3.22. The standard InChI is InChI=1S/C21H22N4O3/c26-19(25-11-7-15-3-1-2-4-18(15)25)13-24-9-5-16(6-10-24)20-22-23-21(28-20)17-8-12-27-14-17/h1-4,8,12,14,16H,5-7,9-11,13H2. The van der Waals surface area contributed by atoms with Gasteiger partial charge in [-0.1, -0.05) is 18.2 Å². The molecule has 0 aliphatic carbocycles. The fraction of sp³-hybridized carbons (Fsp3) is 0.381. The third-order valence-electron chi connectivity index (χ3n) is 5.69. The summed E-state index contributed by atoms with van der Waals surface area (Å²) >= 11 is 0. The number of nitrogens with zero attached hydrogens (tertiary/aromatic N) is 4. The Morgan fingerprint density at radius 1 is 1.11 bits per heavy atom. The number of likely N-dealkylation sites (tertiary alicyclic amines) is 1. The molecule has 0 radical (unpaired) electrons. The number of furan rings is 1. The van der Waals surface area contributed by atoms with E-state index in [9.17, 15) is 4.79 Å². The van der Waals surface area contributed by atoms with E-state index in [0.29, 0.717) is 18.3 Å². The van der Waals surface area contributed by atoms with Crippen molar-refractivity contribution in [3.63, 3.8) is 0 Å². The van der Waals surface area contributed by atoms with Crippen molar-refractivity contribution in [2.24, 2.45) is 0 Å². The van der Waals surface area contributed by atoms with Crippen molar-refractivity contribution in [2.45, 2.75) is 25.2 Å². The number of hydrogen-bond donors (Lipinski definition) is 0. The first-order valence-electron chi connectivity index (χ1n) is 9.74. The quantitative estimate of drug-likeness (QED) is 0.694. The summed E-state index contributed by atoms with van der Waals surface area (Å²) in [5.74, 6) is 1.60. The minimum Gasteiger partial charge on any atom is -0.472 e. The number of piperidine rings is 1. The van der Waals surface area contributed by atoms with Crippen LogP contribution in [0.25, 0.3) is 11.5 Å². The highest BCUT2D eigenvalue weighted by molar-refractivity contribution is 5.96. The number of fused-ring (bicyclic) bond motifs is 1. The summed E-state index contributed by atoms with van der Waals surface area (Å²) in [6.07, 6.45) is 5.96. The van der Waals surface area contributed by atoms with Crippen molar-refractivity contribution < 1.29 is 13.6 Å². The summed E-state index contributed by atoms with van der Waals surface area (Å²) in [4.78, 5) is 17.0. The van der Waals surface area contributed by atoms with Gasteiger partial charge >= 0.3 is 0 Å². The highest BCUT2D eigenvalue weighted by atomic mass is 16.4. The van der Waals surface area contributed by atoms with Gasteiger partial charge in [-0.25, -0.2) is 0 Å². The van der Waals surface area contributed by atoms with E-state index in [1.807, 2.05) is 29.2 Å². The molecule has 5 rings (SSSR count). The van der Waals surface area contributed by atoms with Crippen LogP contribution in [0.1, 0.15) is 30.2 Å². The molecule has 3 aromatic rings. The Morgan fingerprint density at radius 2 is 1.96 bits per heavy atom. The lowest BCUT2D eigenvalue weighted by Crippen LogP contribution is -2.42. The van der Waals surface area contributed by atoms with Gasteiger partial charge in [-0.2, -0.15) is 0 Å². The number of benzene rings is 1. The maximum Gasteiger partial charge on any atom is 0.250 e. The van der Waals surface area contributed by atoms with E-state index < -0.39 is 0 Å². The Hall–Kier alpha value is -2.93. The largest absolute Gasteiger partial charge is 0.472 e. The van der Waals surface area contributed by atoms with Crippen molar-refractivity contribution >= 4 is 11.6 Å². The van der Waals surface area contributed by atoms with Crippen LogP contribution in [0.5, 0.6) is 0 Å². The molecule has 2 aromatic heterocycles. The van der Waals surface area contributed by atoms with Crippen LogP contribution in [0.4, 0.5) is 5.69 Å². The van der Waals surface area contributed by atoms with Crippen LogP contribution in [-0.2, 0) is 11.2 Å². The Morgan fingerprint density at radius 3 is 2.79 bits per heavy atom. The number of para-hydroxylation sites is 1. The molecule has 1 amide bonds. The molecule has 0 unspecified atom stereocenters. The smallest absolute Gasteiger partial charge is 0.250 e. The van der Waals surface area contributed by atoms with Crippen LogP contribution in [0.3, 0.4) is 0 Å². The minimum atomic E-state index is 0.184. The molecular formula is C21H22N4O3. The summed E-state index contributed by atoms with van der Waals surface area (Å²) in [5, 5.41) is 8.34. The zero-order chi connectivity index (χ0) is 18.9. The van der Waals surface area contributed by atoms with E-state index in [-0.39, 0.29) is 11.8 Å². The van der Waals surface area contributed by atoms with Gasteiger partial charge in [-0.3, -0.25) is 9.69 Å². The zero-order valence-electron chi connectivity index (χ0n) is 15.6. The highest BCUT2D eigenvalue weighted by Gasteiger charge is 2.29. The third-order valence-corrected chi connectivity index (χ3v) is 5.69. The predicted octanol–water partition coefficient (Wildman–Crippen LogP) is 3.10. The highest BCUT2D eigenvalue weighted by Crippen LogP contribution is 2.30. The second-order valence-electron chi connectivity index (χ2n) is 7.43. The summed E-state index contributed by atoms with van der Waals surface area (Å²) in [6, 6.07) is 9.99. The van der Waals surface area contributed by atoms with Crippen molar-refractivity contribution in [2.75, 3.05) is 31.1 Å². The van der Waals surface area contributed by atoms with Gasteiger partial charge < -0.3 is 13.7 Å². The molecule has 7 nitrogen and oxygen atoms in total. The molecule has 2 aliphatic rings. The van der Waals surface area contributed by atoms with E-state index in [2.05, 4.69) is 21.2 Å². The van der Waals surface area contributed by atoms with Crippen molar-refractivity contribution in [1.29, 1.82) is 0 Å². The first-order valence-corrected chi connectivity index (χ1v) is 9.74. The van der Waals surface area contributed by atoms with Crippen molar-refractivity contribution in [3.05, 3.63) is 54.3 Å². The monoisotopic (exact) mass is 378 g/mol. The molecule has 4 heterocycles. The van der Waals surface area contributed by atoms with Crippen LogP contribution in [-0.4, -0.2) is 47.2 Å². The molecule has 1 aromatic carbocycles. The van der Waals surface area contributed by atoms with Gasteiger partial charge in [-0.05, 0) is 50.0 Å². The van der Waals surface area contributed by atoms with Crippen molar-refractivity contribution in [3.8, 4) is 11.5 Å². The molecule has 1 fully saturated rings. The van der Waals surface area contributed by atoms with Crippen LogP contribution in [0.2, 0.25) is 0 Å². The molecule has 2 aliphatic heterocycles. The summed E-state index contributed by atoms with van der Waals surface area (Å²) in [7, 11) is 0. The van der Waals surface area contributed by atoms with Gasteiger partial charge in [0.05, 0.1) is 18.4 Å². The minimum absolute atomic E-state index is 0.184. The van der Waals surface area contributed by atoms with Gasteiger partial charge in [0.25, 0.3) is 5.89 Å². The normalized spacial score (nSPS) is 17.8. The van der Waals surface area contributed by atoms with Crippen LogP contribution < -0.4 is 4.90 Å². The molecule has 0 saturated carbocycles. The second-order valence-corrected chi connectivity index (χ2v) is 7.43. The molecule has 7 heteroatoms. The molecular weight excluding hydrogens is 356 g/mol. The molecule has 0 bridgehead atoms. The summed E-state index contributed by atoms with van der Waals surface area (Å²) in [6.45, 7) is 2.96. The van der Waals surface area contributed by atoms with Gasteiger partial charge in [0.2, 0.25) is 11.8 Å². The van der Waals surface area contributed by atoms with E-state index in [4.69, 9.17) is 8.83 Å². The van der Waals surface area contributed by atoms with Gasteiger partial charge in [0.1, 0.15) is 6.26 Å². The number of aromatic nitrogens is 2. The lowest BCUT2D eigenvalue weighted by molar-refractivity contribution is -0.119. The van der Waals surface area contributed by atoms with E-state index in [1.54, 1.807) is 12.5 Å².